The highest BCUT2D eigenvalue weighted by atomic mass is 16.6. The van der Waals surface area contributed by atoms with E-state index in [2.05, 4.69) is 10.5 Å². The highest BCUT2D eigenvalue weighted by Gasteiger charge is 2.10. The highest BCUT2D eigenvalue weighted by Crippen LogP contribution is 2.13. The Hall–Kier alpha value is -2.22. The summed E-state index contributed by atoms with van der Waals surface area (Å²) < 4.78 is 4.77. The zero-order chi connectivity index (χ0) is 12.7. The molecular weight excluding hydrogens is 230 g/mol. The van der Waals surface area contributed by atoms with Gasteiger partial charge in [-0.1, -0.05) is 0 Å². The Kier molecular flexibility index (Phi) is 4.82. The van der Waals surface area contributed by atoms with Crippen LogP contribution in [0.15, 0.2) is 21.7 Å². The molecule has 0 spiro atoms. The van der Waals surface area contributed by atoms with Gasteiger partial charge in [-0.3, -0.25) is 14.9 Å². The molecule has 0 aliphatic heterocycles. The van der Waals surface area contributed by atoms with Crippen molar-refractivity contribution in [1.82, 2.24) is 5.43 Å². The molecule has 17 heavy (non-hydrogen) atoms. The molecule has 1 aromatic heterocycles. The molecule has 0 unspecified atom stereocenters. The van der Waals surface area contributed by atoms with Gasteiger partial charge >= 0.3 is 5.88 Å². The fourth-order valence-corrected chi connectivity index (χ4v) is 0.973. The van der Waals surface area contributed by atoms with E-state index in [1.54, 1.807) is 0 Å². The van der Waals surface area contributed by atoms with E-state index in [1.165, 1.54) is 12.1 Å². The molecule has 0 fully saturated rings. The first-order chi connectivity index (χ1) is 8.13. The van der Waals surface area contributed by atoms with Crippen molar-refractivity contribution in [3.8, 4) is 0 Å². The number of aliphatic hydroxyl groups is 1. The van der Waals surface area contributed by atoms with Gasteiger partial charge in [-0.05, 0) is 12.5 Å². The number of nitro groups is 1. The van der Waals surface area contributed by atoms with Crippen LogP contribution in [-0.4, -0.2) is 28.8 Å². The number of nitrogens with one attached hydrogen (secondary N) is 1. The number of nitrogens with zero attached hydrogens (tertiary/aromatic N) is 2. The normalized spacial score (nSPS) is 10.6. The summed E-state index contributed by atoms with van der Waals surface area (Å²) in [7, 11) is 0. The van der Waals surface area contributed by atoms with Crippen molar-refractivity contribution >= 4 is 18.0 Å². The second kappa shape index (κ2) is 6.38. The quantitative estimate of drug-likeness (QED) is 0.425. The summed E-state index contributed by atoms with van der Waals surface area (Å²) in [5, 5.41) is 22.3. The Balaban J connectivity index is 2.42. The van der Waals surface area contributed by atoms with Crippen molar-refractivity contribution in [2.45, 2.75) is 12.8 Å². The van der Waals surface area contributed by atoms with Crippen LogP contribution in [0.2, 0.25) is 0 Å². The summed E-state index contributed by atoms with van der Waals surface area (Å²) in [6.45, 7) is -0.0679. The van der Waals surface area contributed by atoms with Gasteiger partial charge in [0.2, 0.25) is 5.91 Å². The molecule has 0 aliphatic rings. The van der Waals surface area contributed by atoms with E-state index in [0.717, 1.165) is 6.21 Å². The number of amides is 1. The summed E-state index contributed by atoms with van der Waals surface area (Å²) in [4.78, 5) is 20.6. The number of rotatable bonds is 6. The molecular formula is C9H11N3O5. The minimum atomic E-state index is -0.669. The molecule has 0 radical (unpaired) electrons. The van der Waals surface area contributed by atoms with Crippen LogP contribution in [0.4, 0.5) is 5.88 Å². The van der Waals surface area contributed by atoms with Crippen LogP contribution in [-0.2, 0) is 4.79 Å². The minimum absolute atomic E-state index is 0.0679. The van der Waals surface area contributed by atoms with Crippen molar-refractivity contribution < 1.29 is 19.2 Å². The predicted molar refractivity (Wildman–Crippen MR) is 57.4 cm³/mol. The molecule has 0 aromatic carbocycles. The molecule has 1 rings (SSSR count). The van der Waals surface area contributed by atoms with E-state index in [0.29, 0.717) is 6.42 Å². The van der Waals surface area contributed by atoms with Crippen LogP contribution in [0.25, 0.3) is 0 Å². The summed E-state index contributed by atoms with van der Waals surface area (Å²) in [5.74, 6) is -0.575. The van der Waals surface area contributed by atoms with Gasteiger partial charge in [0.1, 0.15) is 4.92 Å². The molecule has 8 heteroatoms. The summed E-state index contributed by atoms with van der Waals surface area (Å²) >= 11 is 0. The van der Waals surface area contributed by atoms with Gasteiger partial charge in [0, 0.05) is 13.0 Å². The maximum absolute atomic E-state index is 11.0. The number of carbonyl (C=O) groups excluding carboxylic acids is 1. The van der Waals surface area contributed by atoms with Crippen molar-refractivity contribution in [3.63, 3.8) is 0 Å². The average molecular weight is 241 g/mol. The number of carbonyl (C=O) groups is 1. The smallest absolute Gasteiger partial charge is 0.400 e. The van der Waals surface area contributed by atoms with Crippen LogP contribution in [0.5, 0.6) is 0 Å². The largest absolute Gasteiger partial charge is 0.433 e. The highest BCUT2D eigenvalue weighted by molar-refractivity contribution is 5.80. The van der Waals surface area contributed by atoms with Crippen molar-refractivity contribution in [1.29, 1.82) is 0 Å². The molecule has 0 aliphatic carbocycles. The Morgan fingerprint density at radius 1 is 1.65 bits per heavy atom. The lowest BCUT2D eigenvalue weighted by Gasteiger charge is -1.95. The van der Waals surface area contributed by atoms with E-state index >= 15 is 0 Å². The van der Waals surface area contributed by atoms with E-state index in [1.807, 2.05) is 0 Å². The number of hydrazone groups is 1. The standard InChI is InChI=1S/C9H11N3O5/c13-5-1-2-8(14)11-10-6-7-3-4-9(17-7)12(15)16/h3-4,6,13H,1-2,5H2,(H,11,14)/b10-6+. The summed E-state index contributed by atoms with van der Waals surface area (Å²) in [6.07, 6.45) is 1.67. The molecule has 1 aromatic rings. The van der Waals surface area contributed by atoms with Crippen LogP contribution in [0, 0.1) is 10.1 Å². The first kappa shape index (κ1) is 12.8. The third kappa shape index (κ3) is 4.43. The number of hydrogen-bond donors (Lipinski definition) is 2. The Morgan fingerprint density at radius 2 is 2.41 bits per heavy atom. The molecule has 0 atom stereocenters. The average Bonchev–Trinajstić information content (AvgIpc) is 2.75. The summed E-state index contributed by atoms with van der Waals surface area (Å²) in [6, 6.07) is 2.55. The van der Waals surface area contributed by atoms with Gasteiger partial charge in [-0.25, -0.2) is 5.43 Å². The Labute approximate surface area is 96.1 Å². The van der Waals surface area contributed by atoms with Crippen LogP contribution < -0.4 is 5.43 Å². The van der Waals surface area contributed by atoms with E-state index < -0.39 is 10.8 Å². The lowest BCUT2D eigenvalue weighted by molar-refractivity contribution is -0.402. The second-order valence-electron chi connectivity index (χ2n) is 3.05. The molecule has 92 valence electrons. The lowest BCUT2D eigenvalue weighted by atomic mass is 10.3. The molecule has 2 N–H and O–H groups in total. The molecule has 1 amide bonds. The predicted octanol–water partition coefficient (Wildman–Crippen LogP) is 0.410. The van der Waals surface area contributed by atoms with Crippen LogP contribution >= 0.6 is 0 Å². The number of furan rings is 1. The first-order valence-electron chi connectivity index (χ1n) is 4.80. The maximum atomic E-state index is 11.0. The Bertz CT molecular complexity index is 426. The first-order valence-corrected chi connectivity index (χ1v) is 4.80. The van der Waals surface area contributed by atoms with E-state index in [4.69, 9.17) is 9.52 Å². The molecule has 1 heterocycles. The van der Waals surface area contributed by atoms with Gasteiger partial charge in [-0.2, -0.15) is 5.10 Å². The van der Waals surface area contributed by atoms with Gasteiger partial charge in [0.15, 0.2) is 5.76 Å². The van der Waals surface area contributed by atoms with Crippen molar-refractivity contribution in [3.05, 3.63) is 28.0 Å². The molecule has 0 saturated heterocycles. The molecule has 8 nitrogen and oxygen atoms in total. The van der Waals surface area contributed by atoms with Crippen molar-refractivity contribution in [2.75, 3.05) is 6.61 Å². The fraction of sp³-hybridized carbons (Fsp3) is 0.333. The van der Waals surface area contributed by atoms with Crippen LogP contribution in [0.1, 0.15) is 18.6 Å². The second-order valence-corrected chi connectivity index (χ2v) is 3.05. The fourth-order valence-electron chi connectivity index (χ4n) is 0.973. The monoisotopic (exact) mass is 241 g/mol. The molecule has 0 saturated carbocycles. The van der Waals surface area contributed by atoms with E-state index in [-0.39, 0.29) is 24.7 Å². The topological polar surface area (TPSA) is 118 Å². The van der Waals surface area contributed by atoms with Gasteiger partial charge in [-0.15, -0.1) is 0 Å². The number of hydrogen-bond acceptors (Lipinski definition) is 6. The Morgan fingerprint density at radius 3 is 3.00 bits per heavy atom. The summed E-state index contributed by atoms with van der Waals surface area (Å²) in [5.41, 5.74) is 2.19. The van der Waals surface area contributed by atoms with Gasteiger partial charge < -0.3 is 9.52 Å². The third-order valence-electron chi connectivity index (χ3n) is 1.74. The maximum Gasteiger partial charge on any atom is 0.433 e. The van der Waals surface area contributed by atoms with E-state index in [9.17, 15) is 14.9 Å². The van der Waals surface area contributed by atoms with Gasteiger partial charge in [0.25, 0.3) is 0 Å². The molecule has 0 bridgehead atoms. The van der Waals surface area contributed by atoms with Crippen molar-refractivity contribution in [2.24, 2.45) is 5.10 Å². The third-order valence-corrected chi connectivity index (χ3v) is 1.74. The zero-order valence-corrected chi connectivity index (χ0v) is 8.83. The van der Waals surface area contributed by atoms with Crippen LogP contribution in [0.3, 0.4) is 0 Å². The SMILES string of the molecule is O=C(CCCO)N/N=C/c1ccc([N+](=O)[O-])o1. The lowest BCUT2D eigenvalue weighted by Crippen LogP contribution is -2.17. The van der Waals surface area contributed by atoms with Gasteiger partial charge in [0.05, 0.1) is 12.3 Å². The number of aliphatic hydroxyl groups excluding tert-OH is 1. The zero-order valence-electron chi connectivity index (χ0n) is 8.83. The minimum Gasteiger partial charge on any atom is -0.400 e.